The van der Waals surface area contributed by atoms with E-state index in [0.717, 1.165) is 12.8 Å². The topological polar surface area (TPSA) is 35.5 Å². The lowest BCUT2D eigenvalue weighted by Crippen LogP contribution is -2.13. The molecule has 0 heterocycles. The third-order valence-electron chi connectivity index (χ3n) is 2.60. The van der Waals surface area contributed by atoms with Gasteiger partial charge in [0.1, 0.15) is 6.10 Å². The first-order valence-corrected chi connectivity index (χ1v) is 6.61. The lowest BCUT2D eigenvalue weighted by atomic mass is 10.1. The summed E-state index contributed by atoms with van der Waals surface area (Å²) in [7, 11) is 0. The average molecular weight is 242 g/mol. The maximum Gasteiger partial charge on any atom is 0.368 e. The second kappa shape index (κ2) is 10.3. The summed E-state index contributed by atoms with van der Waals surface area (Å²) < 4.78 is 0. The van der Waals surface area contributed by atoms with Crippen molar-refractivity contribution in [3.05, 3.63) is 12.2 Å². The highest BCUT2D eigenvalue weighted by molar-refractivity contribution is 5.86. The van der Waals surface area contributed by atoms with Crippen molar-refractivity contribution in [2.75, 3.05) is 0 Å². The zero-order valence-electron chi connectivity index (χ0n) is 11.5. The highest BCUT2D eigenvalue weighted by Crippen LogP contribution is 2.10. The fourth-order valence-corrected chi connectivity index (χ4v) is 1.46. The van der Waals surface area contributed by atoms with E-state index in [1.54, 1.807) is 6.92 Å². The van der Waals surface area contributed by atoms with Crippen LogP contribution in [0.25, 0.3) is 0 Å². The Morgan fingerprint density at radius 2 is 1.76 bits per heavy atom. The van der Waals surface area contributed by atoms with Crippen molar-refractivity contribution < 1.29 is 14.6 Å². The van der Waals surface area contributed by atoms with Gasteiger partial charge in [0.2, 0.25) is 0 Å². The minimum absolute atomic E-state index is 0.0375. The first kappa shape index (κ1) is 16.2. The Balaban J connectivity index is 3.37. The van der Waals surface area contributed by atoms with Gasteiger partial charge in [-0.2, -0.15) is 4.89 Å². The molecule has 0 spiro atoms. The van der Waals surface area contributed by atoms with Gasteiger partial charge in [0.25, 0.3) is 0 Å². The largest absolute Gasteiger partial charge is 0.368 e. The van der Waals surface area contributed by atoms with Crippen LogP contribution in [0, 0.1) is 0 Å². The monoisotopic (exact) mass is 242 g/mol. The molecule has 0 saturated heterocycles. The molecule has 3 heteroatoms. The molecule has 100 valence electrons. The predicted octanol–water partition coefficient (Wildman–Crippen LogP) is 4.18. The summed E-state index contributed by atoms with van der Waals surface area (Å²) in [5, 5.41) is 0. The Bertz CT molecular complexity index is 224. The van der Waals surface area contributed by atoms with Gasteiger partial charge >= 0.3 is 5.97 Å². The summed E-state index contributed by atoms with van der Waals surface area (Å²) in [6.07, 6.45) is 8.43. The van der Waals surface area contributed by atoms with E-state index in [1.807, 2.05) is 6.92 Å². The maximum absolute atomic E-state index is 11.0. The third-order valence-corrected chi connectivity index (χ3v) is 2.60. The second-order valence-electron chi connectivity index (χ2n) is 4.61. The van der Waals surface area contributed by atoms with Gasteiger partial charge in [0.05, 0.1) is 0 Å². The smallest absolute Gasteiger partial charge is 0.293 e. The Hall–Kier alpha value is -0.830. The number of carbonyl (C=O) groups excluding carboxylic acids is 1. The van der Waals surface area contributed by atoms with Crippen LogP contribution in [-0.4, -0.2) is 12.1 Å². The van der Waals surface area contributed by atoms with Crippen LogP contribution in [-0.2, 0) is 14.6 Å². The fraction of sp³-hybridized carbons (Fsp3) is 0.786. The number of carbonyl (C=O) groups is 1. The highest BCUT2D eigenvalue weighted by Gasteiger charge is 2.08. The van der Waals surface area contributed by atoms with Crippen molar-refractivity contribution in [3.8, 4) is 0 Å². The van der Waals surface area contributed by atoms with Gasteiger partial charge in [0, 0.05) is 5.57 Å². The zero-order valence-corrected chi connectivity index (χ0v) is 11.5. The summed E-state index contributed by atoms with van der Waals surface area (Å²) in [5.74, 6) is -0.486. The number of hydrogen-bond donors (Lipinski definition) is 0. The van der Waals surface area contributed by atoms with Crippen LogP contribution < -0.4 is 0 Å². The van der Waals surface area contributed by atoms with Gasteiger partial charge in [-0.25, -0.2) is 4.79 Å². The van der Waals surface area contributed by atoms with E-state index < -0.39 is 5.97 Å². The van der Waals surface area contributed by atoms with E-state index in [-0.39, 0.29) is 6.10 Å². The minimum Gasteiger partial charge on any atom is -0.293 e. The van der Waals surface area contributed by atoms with Crippen LogP contribution in [0.2, 0.25) is 0 Å². The molecule has 0 bridgehead atoms. The SMILES string of the molecule is C=C(C)C(=O)OOC(C)CCCCCCCC. The van der Waals surface area contributed by atoms with Crippen molar-refractivity contribution in [2.24, 2.45) is 0 Å². The van der Waals surface area contributed by atoms with E-state index >= 15 is 0 Å². The number of rotatable bonds is 10. The normalized spacial score (nSPS) is 12.2. The molecule has 0 aliphatic heterocycles. The predicted molar refractivity (Wildman–Crippen MR) is 69.4 cm³/mol. The molecule has 0 N–H and O–H groups in total. The molecule has 0 aromatic rings. The van der Waals surface area contributed by atoms with Crippen LogP contribution in [0.5, 0.6) is 0 Å². The molecule has 0 aliphatic carbocycles. The Labute approximate surface area is 105 Å². The molecule has 0 fully saturated rings. The van der Waals surface area contributed by atoms with Gasteiger partial charge in [-0.1, -0.05) is 52.0 Å². The number of hydrogen-bond acceptors (Lipinski definition) is 3. The van der Waals surface area contributed by atoms with E-state index in [4.69, 9.17) is 4.89 Å². The van der Waals surface area contributed by atoms with Crippen LogP contribution in [0.4, 0.5) is 0 Å². The minimum atomic E-state index is -0.486. The van der Waals surface area contributed by atoms with Crippen molar-refractivity contribution in [1.29, 1.82) is 0 Å². The van der Waals surface area contributed by atoms with E-state index in [0.29, 0.717) is 5.57 Å². The lowest BCUT2D eigenvalue weighted by Gasteiger charge is -2.10. The van der Waals surface area contributed by atoms with Crippen molar-refractivity contribution in [1.82, 2.24) is 0 Å². The Morgan fingerprint density at radius 1 is 1.18 bits per heavy atom. The molecule has 0 aromatic carbocycles. The summed E-state index contributed by atoms with van der Waals surface area (Å²) in [4.78, 5) is 20.7. The standard InChI is InChI=1S/C14H26O3/c1-5-6-7-8-9-10-11-13(4)16-17-14(15)12(2)3/h13H,2,5-11H2,1,3-4H3. The zero-order chi connectivity index (χ0) is 13.1. The fourth-order valence-electron chi connectivity index (χ4n) is 1.46. The van der Waals surface area contributed by atoms with E-state index in [1.165, 1.54) is 32.1 Å². The molecule has 0 amide bonds. The van der Waals surface area contributed by atoms with Crippen LogP contribution >= 0.6 is 0 Å². The van der Waals surface area contributed by atoms with Crippen LogP contribution in [0.15, 0.2) is 12.2 Å². The van der Waals surface area contributed by atoms with Gasteiger partial charge < -0.3 is 0 Å². The molecular formula is C14H26O3. The molecule has 0 rings (SSSR count). The summed E-state index contributed by atoms with van der Waals surface area (Å²) >= 11 is 0. The Kier molecular flexibility index (Phi) is 9.83. The molecular weight excluding hydrogens is 216 g/mol. The van der Waals surface area contributed by atoms with Gasteiger partial charge in [0.15, 0.2) is 0 Å². The van der Waals surface area contributed by atoms with Crippen molar-refractivity contribution >= 4 is 5.97 Å². The van der Waals surface area contributed by atoms with Crippen LogP contribution in [0.1, 0.15) is 65.7 Å². The van der Waals surface area contributed by atoms with Gasteiger partial charge in [-0.05, 0) is 20.3 Å². The summed E-state index contributed by atoms with van der Waals surface area (Å²) in [6.45, 7) is 9.21. The number of unbranched alkanes of at least 4 members (excludes halogenated alkanes) is 5. The van der Waals surface area contributed by atoms with E-state index in [9.17, 15) is 4.79 Å². The first-order chi connectivity index (χ1) is 8.07. The maximum atomic E-state index is 11.0. The molecule has 0 radical (unpaired) electrons. The second-order valence-corrected chi connectivity index (χ2v) is 4.61. The average Bonchev–Trinajstić information content (AvgIpc) is 2.30. The summed E-state index contributed by atoms with van der Waals surface area (Å²) in [6, 6.07) is 0. The quantitative estimate of drug-likeness (QED) is 0.249. The lowest BCUT2D eigenvalue weighted by molar-refractivity contribution is -0.292. The third kappa shape index (κ3) is 10.1. The van der Waals surface area contributed by atoms with Crippen molar-refractivity contribution in [2.45, 2.75) is 71.8 Å². The molecule has 1 unspecified atom stereocenters. The highest BCUT2D eigenvalue weighted by atomic mass is 17.2. The van der Waals surface area contributed by atoms with Crippen molar-refractivity contribution in [3.63, 3.8) is 0 Å². The molecule has 3 nitrogen and oxygen atoms in total. The Morgan fingerprint density at radius 3 is 2.35 bits per heavy atom. The van der Waals surface area contributed by atoms with Gasteiger partial charge in [-0.15, -0.1) is 0 Å². The summed E-state index contributed by atoms with van der Waals surface area (Å²) in [5.41, 5.74) is 0.358. The van der Waals surface area contributed by atoms with E-state index in [2.05, 4.69) is 18.4 Å². The molecule has 17 heavy (non-hydrogen) atoms. The molecule has 0 aliphatic rings. The molecule has 0 aromatic heterocycles. The first-order valence-electron chi connectivity index (χ1n) is 6.61. The molecule has 0 saturated carbocycles. The van der Waals surface area contributed by atoms with Crippen LogP contribution in [0.3, 0.4) is 0 Å². The van der Waals surface area contributed by atoms with Gasteiger partial charge in [-0.3, -0.25) is 4.89 Å². The molecule has 1 atom stereocenters.